The van der Waals surface area contributed by atoms with E-state index in [4.69, 9.17) is 0 Å². The molecular weight excluding hydrogens is 413 g/mol. The molecule has 0 spiro atoms. The molecule has 2 nitrogen and oxygen atoms in total. The van der Waals surface area contributed by atoms with E-state index in [1.54, 1.807) is 0 Å². The van der Waals surface area contributed by atoms with Crippen molar-refractivity contribution in [3.05, 3.63) is 0 Å². The van der Waals surface area contributed by atoms with E-state index < -0.39 is 47.7 Å². The van der Waals surface area contributed by atoms with Crippen molar-refractivity contribution < 1.29 is 75.8 Å². The Balaban J connectivity index is 7.64. The highest BCUT2D eigenvalue weighted by atomic mass is 19.4. The maximum absolute atomic E-state index is 13.7. The fraction of sp³-hybridized carbons (Fsp3) is 0.875. The molecule has 0 saturated heterocycles. The summed E-state index contributed by atoms with van der Waals surface area (Å²) >= 11 is 0. The average molecular weight is 413 g/mol. The molecule has 0 bridgehead atoms. The Morgan fingerprint density at radius 1 is 0.520 bits per heavy atom. The Kier molecular flexibility index (Phi) is 5.11. The van der Waals surface area contributed by atoms with Gasteiger partial charge in [0.05, 0.1) is 5.97 Å². The molecule has 0 aromatic heterocycles. The van der Waals surface area contributed by atoms with Crippen LogP contribution in [0.3, 0.4) is 0 Å². The summed E-state index contributed by atoms with van der Waals surface area (Å²) in [6.07, 6.45) is -33.0. The van der Waals surface area contributed by atoms with Crippen molar-refractivity contribution in [3.8, 4) is 0 Å². The molecule has 0 aliphatic rings. The Bertz CT molecular complexity index is 484. The van der Waals surface area contributed by atoms with Gasteiger partial charge in [-0.25, -0.2) is 4.39 Å². The van der Waals surface area contributed by atoms with E-state index in [1.807, 2.05) is 0 Å². The topological polar surface area (TPSA) is 40.1 Å². The summed E-state index contributed by atoms with van der Waals surface area (Å²) < 4.78 is 188. The second-order valence-electron chi connectivity index (χ2n) is 4.26. The molecule has 0 fully saturated rings. The molecule has 0 aromatic rings. The second kappa shape index (κ2) is 5.46. The minimum absolute atomic E-state index is 5.23. The Hall–Kier alpha value is -1.58. The van der Waals surface area contributed by atoms with Gasteiger partial charge in [0.2, 0.25) is 0 Å². The molecule has 0 saturated carbocycles. The zero-order valence-corrected chi connectivity index (χ0v) is 10.5. The third kappa shape index (κ3) is 2.74. The molecule has 0 radical (unpaired) electrons. The van der Waals surface area contributed by atoms with E-state index in [9.17, 15) is 75.8 Å². The molecule has 0 aliphatic carbocycles. The van der Waals surface area contributed by atoms with Gasteiger partial charge in [-0.1, -0.05) is 0 Å². The van der Waals surface area contributed by atoms with Crippen LogP contribution in [-0.4, -0.2) is 42.3 Å². The smallest absolute Gasteiger partial charge is 0.457 e. The van der Waals surface area contributed by atoms with Crippen molar-refractivity contribution in [2.24, 2.45) is 5.41 Å². The van der Waals surface area contributed by atoms with Crippen LogP contribution >= 0.6 is 0 Å². The predicted molar refractivity (Wildman–Crippen MR) is 40.4 cm³/mol. The molecule has 0 N–H and O–H groups in total. The predicted octanol–water partition coefficient (Wildman–Crippen LogP) is 3.32. The number of carbonyl (C=O) groups is 1. The molecule has 1 atom stereocenters. The fourth-order valence-electron chi connectivity index (χ4n) is 1.78. The normalized spacial score (nSPS) is 18.0. The fourth-order valence-corrected chi connectivity index (χ4v) is 1.78. The van der Waals surface area contributed by atoms with Crippen LogP contribution in [0.15, 0.2) is 0 Å². The zero-order chi connectivity index (χ0) is 21.1. The molecule has 0 rings (SSSR count). The minimum Gasteiger partial charge on any atom is -0.546 e. The molecular formula is C8F15O2-. The van der Waals surface area contributed by atoms with Gasteiger partial charge in [0.25, 0.3) is 11.1 Å². The van der Waals surface area contributed by atoms with E-state index >= 15 is 0 Å². The summed E-state index contributed by atoms with van der Waals surface area (Å²) in [5.74, 6) is -13.6. The van der Waals surface area contributed by atoms with Crippen LogP contribution in [0.1, 0.15) is 0 Å². The highest BCUT2D eigenvalue weighted by Gasteiger charge is 2.99. The first-order valence-electron chi connectivity index (χ1n) is 4.99. The van der Waals surface area contributed by atoms with Crippen LogP contribution in [-0.2, 0) is 4.79 Å². The lowest BCUT2D eigenvalue weighted by atomic mass is 9.67. The monoisotopic (exact) mass is 413 g/mol. The maximum atomic E-state index is 13.7. The SMILES string of the molecule is O=C([O-])C(F)(C(F)(F)C(F)(F)F)C(C(F)(F)F)(C(F)(F)F)C(F)(F)F. The van der Waals surface area contributed by atoms with Crippen molar-refractivity contribution in [2.45, 2.75) is 36.3 Å². The summed E-state index contributed by atoms with van der Waals surface area (Å²) in [5, 5.41) is 10.1. The van der Waals surface area contributed by atoms with Crippen molar-refractivity contribution in [3.63, 3.8) is 0 Å². The molecule has 0 amide bonds. The second-order valence-corrected chi connectivity index (χ2v) is 4.26. The maximum Gasteiger partial charge on any atom is 0.457 e. The van der Waals surface area contributed by atoms with Gasteiger partial charge in [0.15, 0.2) is 0 Å². The molecule has 25 heavy (non-hydrogen) atoms. The van der Waals surface area contributed by atoms with Crippen LogP contribution in [0.25, 0.3) is 0 Å². The molecule has 0 heterocycles. The van der Waals surface area contributed by atoms with Crippen molar-refractivity contribution >= 4 is 5.97 Å². The standard InChI is InChI=1S/C8HF15O2/c9-2(1(24)25,4(10,11)8(21,22)23)3(5(12,13)14,6(15,16)17)7(18,19)20/h(H,24,25)/p-1. The summed E-state index contributed by atoms with van der Waals surface area (Å²) in [4.78, 5) is 10.1. The number of alkyl halides is 15. The number of carboxylic acids is 1. The van der Waals surface area contributed by atoms with Gasteiger partial charge in [-0.2, -0.15) is 61.5 Å². The van der Waals surface area contributed by atoms with Crippen LogP contribution < -0.4 is 5.11 Å². The molecule has 17 heteroatoms. The average Bonchev–Trinajstić information content (AvgIpc) is 2.20. The first-order chi connectivity index (χ1) is 10.4. The van der Waals surface area contributed by atoms with Crippen LogP contribution in [0, 0.1) is 5.41 Å². The number of carboxylic acid groups (broad SMARTS) is 1. The summed E-state index contributed by atoms with van der Waals surface area (Å²) in [6, 6.07) is 0. The number of rotatable bonds is 3. The first kappa shape index (κ1) is 23.4. The Morgan fingerprint density at radius 3 is 0.880 bits per heavy atom. The number of hydrogen-bond acceptors (Lipinski definition) is 2. The third-order valence-electron chi connectivity index (χ3n) is 2.86. The van der Waals surface area contributed by atoms with Gasteiger partial charge >= 0.3 is 30.6 Å². The van der Waals surface area contributed by atoms with Gasteiger partial charge in [-0.05, 0) is 0 Å². The molecule has 0 aromatic carbocycles. The van der Waals surface area contributed by atoms with Crippen LogP contribution in [0.5, 0.6) is 0 Å². The molecule has 150 valence electrons. The lowest BCUT2D eigenvalue weighted by Gasteiger charge is -2.50. The van der Waals surface area contributed by atoms with Gasteiger partial charge < -0.3 is 9.90 Å². The van der Waals surface area contributed by atoms with E-state index in [1.165, 1.54) is 0 Å². The zero-order valence-electron chi connectivity index (χ0n) is 10.5. The first-order valence-corrected chi connectivity index (χ1v) is 4.99. The Morgan fingerprint density at radius 2 is 0.760 bits per heavy atom. The summed E-state index contributed by atoms with van der Waals surface area (Å²) in [6.45, 7) is 0. The third-order valence-corrected chi connectivity index (χ3v) is 2.86. The molecule has 1 unspecified atom stereocenters. The van der Waals surface area contributed by atoms with Gasteiger partial charge in [0.1, 0.15) is 0 Å². The van der Waals surface area contributed by atoms with Gasteiger partial charge in [-0.3, -0.25) is 0 Å². The van der Waals surface area contributed by atoms with E-state index in [2.05, 4.69) is 0 Å². The summed E-state index contributed by atoms with van der Waals surface area (Å²) in [7, 11) is 0. The minimum atomic E-state index is -8.67. The van der Waals surface area contributed by atoms with Crippen molar-refractivity contribution in [1.29, 1.82) is 0 Å². The quantitative estimate of drug-likeness (QED) is 0.667. The number of halogens is 15. The van der Waals surface area contributed by atoms with Gasteiger partial charge in [-0.15, -0.1) is 0 Å². The van der Waals surface area contributed by atoms with Crippen molar-refractivity contribution in [2.75, 3.05) is 0 Å². The Labute approximate surface area is 125 Å². The van der Waals surface area contributed by atoms with Crippen molar-refractivity contribution in [1.82, 2.24) is 0 Å². The van der Waals surface area contributed by atoms with Gasteiger partial charge in [0, 0.05) is 0 Å². The van der Waals surface area contributed by atoms with E-state index in [0.717, 1.165) is 0 Å². The van der Waals surface area contributed by atoms with Crippen LogP contribution in [0.4, 0.5) is 65.9 Å². The number of carbonyl (C=O) groups excluding carboxylic acids is 1. The van der Waals surface area contributed by atoms with Crippen LogP contribution in [0.2, 0.25) is 0 Å². The number of hydrogen-bond donors (Lipinski definition) is 0. The largest absolute Gasteiger partial charge is 0.546 e. The lowest BCUT2D eigenvalue weighted by Crippen LogP contribution is -2.81. The molecule has 0 aliphatic heterocycles. The van der Waals surface area contributed by atoms with E-state index in [0.29, 0.717) is 0 Å². The highest BCUT2D eigenvalue weighted by molar-refractivity contribution is 5.79. The highest BCUT2D eigenvalue weighted by Crippen LogP contribution is 2.70. The summed E-state index contributed by atoms with van der Waals surface area (Å²) in [5.41, 5.74) is -17.1. The lowest BCUT2D eigenvalue weighted by molar-refractivity contribution is -0.494. The number of aliphatic carboxylic acids is 1. The van der Waals surface area contributed by atoms with E-state index in [-0.39, 0.29) is 0 Å².